The Hall–Kier alpha value is -1.69. The first-order valence-corrected chi connectivity index (χ1v) is 6.68. The molecule has 1 aromatic carbocycles. The molecule has 1 aromatic rings. The third-order valence-electron chi connectivity index (χ3n) is 3.81. The van der Waals surface area contributed by atoms with Gasteiger partial charge in [0.15, 0.2) is 0 Å². The Bertz CT molecular complexity index is 448. The molecule has 0 heterocycles. The molecule has 0 amide bonds. The lowest BCUT2D eigenvalue weighted by atomic mass is 10.1. The maximum atomic E-state index is 8.74. The Morgan fingerprint density at radius 2 is 2.28 bits per heavy atom. The molecule has 3 N–H and O–H groups in total. The Kier molecular flexibility index (Phi) is 4.09. The number of nitriles is 1. The van der Waals surface area contributed by atoms with Crippen molar-refractivity contribution in [3.05, 3.63) is 23.8 Å². The van der Waals surface area contributed by atoms with Crippen molar-refractivity contribution < 1.29 is 0 Å². The molecule has 0 bridgehead atoms. The number of hydrogen-bond donors (Lipinski definition) is 2. The summed E-state index contributed by atoms with van der Waals surface area (Å²) in [5.74, 6) is 1.66. The number of rotatable bonds is 4. The van der Waals surface area contributed by atoms with E-state index in [0.29, 0.717) is 12.1 Å². The normalized spacial score (nSPS) is 22.7. The third-order valence-corrected chi connectivity index (χ3v) is 3.81. The van der Waals surface area contributed by atoms with E-state index in [-0.39, 0.29) is 0 Å². The van der Waals surface area contributed by atoms with E-state index in [9.17, 15) is 0 Å². The van der Waals surface area contributed by atoms with Crippen molar-refractivity contribution in [2.24, 2.45) is 11.8 Å². The molecular formula is C15H21N3. The van der Waals surface area contributed by atoms with Crippen molar-refractivity contribution in [1.29, 1.82) is 5.26 Å². The van der Waals surface area contributed by atoms with Crippen molar-refractivity contribution >= 4 is 11.4 Å². The monoisotopic (exact) mass is 243 g/mol. The molecule has 2 rings (SSSR count). The molecule has 0 aromatic heterocycles. The van der Waals surface area contributed by atoms with Gasteiger partial charge in [0.25, 0.3) is 0 Å². The van der Waals surface area contributed by atoms with Crippen LogP contribution in [0.25, 0.3) is 0 Å². The van der Waals surface area contributed by atoms with Crippen molar-refractivity contribution in [3.8, 4) is 6.07 Å². The number of benzene rings is 1. The number of nitrogens with one attached hydrogen (secondary N) is 1. The van der Waals surface area contributed by atoms with Crippen LogP contribution in [0.3, 0.4) is 0 Å². The van der Waals surface area contributed by atoms with Gasteiger partial charge in [-0.25, -0.2) is 0 Å². The first-order valence-electron chi connectivity index (χ1n) is 6.68. The molecular weight excluding hydrogens is 222 g/mol. The van der Waals surface area contributed by atoms with E-state index < -0.39 is 0 Å². The van der Waals surface area contributed by atoms with Crippen LogP contribution in [-0.2, 0) is 6.42 Å². The van der Waals surface area contributed by atoms with Gasteiger partial charge in [-0.1, -0.05) is 13.3 Å². The summed E-state index contributed by atoms with van der Waals surface area (Å²) >= 11 is 0. The summed E-state index contributed by atoms with van der Waals surface area (Å²) < 4.78 is 0. The summed E-state index contributed by atoms with van der Waals surface area (Å²) in [6.07, 6.45) is 4.39. The SMILES string of the molecule is CC1CCC(CNc2ccc(N)c(CC#N)c2)C1. The first kappa shape index (κ1) is 12.8. The quantitative estimate of drug-likeness (QED) is 0.798. The van der Waals surface area contributed by atoms with E-state index >= 15 is 0 Å². The standard InChI is InChI=1S/C15H21N3/c1-11-2-3-12(8-11)10-18-14-4-5-15(17)13(9-14)6-7-16/h4-5,9,11-12,18H,2-3,6,8,10,17H2,1H3. The molecule has 3 heteroatoms. The zero-order chi connectivity index (χ0) is 13.0. The number of nitrogen functional groups attached to an aromatic ring is 1. The number of anilines is 2. The second-order valence-corrected chi connectivity index (χ2v) is 5.41. The second kappa shape index (κ2) is 5.77. The third kappa shape index (κ3) is 3.16. The van der Waals surface area contributed by atoms with Crippen LogP contribution < -0.4 is 11.1 Å². The van der Waals surface area contributed by atoms with Crippen LogP contribution in [0.15, 0.2) is 18.2 Å². The fourth-order valence-electron chi connectivity index (χ4n) is 2.73. The molecule has 3 nitrogen and oxygen atoms in total. The zero-order valence-corrected chi connectivity index (χ0v) is 10.9. The van der Waals surface area contributed by atoms with Crippen LogP contribution in [0.1, 0.15) is 31.7 Å². The Balaban J connectivity index is 1.93. The Labute approximate surface area is 109 Å². The highest BCUT2D eigenvalue weighted by molar-refractivity contribution is 5.58. The highest BCUT2D eigenvalue weighted by Gasteiger charge is 2.20. The van der Waals surface area contributed by atoms with E-state index in [1.165, 1.54) is 19.3 Å². The van der Waals surface area contributed by atoms with E-state index in [0.717, 1.165) is 29.6 Å². The summed E-state index contributed by atoms with van der Waals surface area (Å²) in [6, 6.07) is 8.02. The van der Waals surface area contributed by atoms with Gasteiger partial charge in [-0.2, -0.15) is 5.26 Å². The molecule has 2 unspecified atom stereocenters. The van der Waals surface area contributed by atoms with E-state index in [2.05, 4.69) is 18.3 Å². The topological polar surface area (TPSA) is 61.8 Å². The number of nitrogens with two attached hydrogens (primary N) is 1. The molecule has 2 atom stereocenters. The van der Waals surface area contributed by atoms with Gasteiger partial charge < -0.3 is 11.1 Å². The summed E-state index contributed by atoms with van der Waals surface area (Å²) in [4.78, 5) is 0. The van der Waals surface area contributed by atoms with Gasteiger partial charge in [0.1, 0.15) is 0 Å². The van der Waals surface area contributed by atoms with Crippen molar-refractivity contribution in [2.45, 2.75) is 32.6 Å². The van der Waals surface area contributed by atoms with Gasteiger partial charge in [0, 0.05) is 17.9 Å². The summed E-state index contributed by atoms with van der Waals surface area (Å²) in [7, 11) is 0. The fraction of sp³-hybridized carbons (Fsp3) is 0.533. The van der Waals surface area contributed by atoms with Crippen LogP contribution in [0, 0.1) is 23.2 Å². The maximum absolute atomic E-state index is 8.74. The lowest BCUT2D eigenvalue weighted by molar-refractivity contribution is 0.537. The fourth-order valence-corrected chi connectivity index (χ4v) is 2.73. The smallest absolute Gasteiger partial charge is 0.0670 e. The van der Waals surface area contributed by atoms with Gasteiger partial charge in [-0.15, -0.1) is 0 Å². The van der Waals surface area contributed by atoms with Crippen LogP contribution >= 0.6 is 0 Å². The molecule has 96 valence electrons. The molecule has 0 spiro atoms. The molecule has 1 saturated carbocycles. The van der Waals surface area contributed by atoms with Gasteiger partial charge >= 0.3 is 0 Å². The van der Waals surface area contributed by atoms with Gasteiger partial charge in [-0.3, -0.25) is 0 Å². The van der Waals surface area contributed by atoms with Crippen molar-refractivity contribution in [2.75, 3.05) is 17.6 Å². The largest absolute Gasteiger partial charge is 0.398 e. The van der Waals surface area contributed by atoms with Crippen molar-refractivity contribution in [1.82, 2.24) is 0 Å². The molecule has 0 saturated heterocycles. The molecule has 0 radical (unpaired) electrons. The highest BCUT2D eigenvalue weighted by Crippen LogP contribution is 2.30. The average Bonchev–Trinajstić information content (AvgIpc) is 2.76. The molecule has 18 heavy (non-hydrogen) atoms. The predicted molar refractivity (Wildman–Crippen MR) is 75.2 cm³/mol. The highest BCUT2D eigenvalue weighted by atomic mass is 14.9. The molecule has 0 aliphatic heterocycles. The average molecular weight is 243 g/mol. The molecule has 1 aliphatic rings. The Morgan fingerprint density at radius 1 is 1.44 bits per heavy atom. The van der Waals surface area contributed by atoms with E-state index in [1.54, 1.807) is 0 Å². The Morgan fingerprint density at radius 3 is 2.94 bits per heavy atom. The van der Waals surface area contributed by atoms with Crippen LogP contribution in [0.5, 0.6) is 0 Å². The summed E-state index contributed by atoms with van der Waals surface area (Å²) in [5.41, 5.74) is 8.53. The zero-order valence-electron chi connectivity index (χ0n) is 10.9. The first-order chi connectivity index (χ1) is 8.69. The van der Waals surface area contributed by atoms with Crippen LogP contribution in [-0.4, -0.2) is 6.54 Å². The maximum Gasteiger partial charge on any atom is 0.0670 e. The minimum absolute atomic E-state index is 0.377. The second-order valence-electron chi connectivity index (χ2n) is 5.41. The van der Waals surface area contributed by atoms with Gasteiger partial charge in [-0.05, 0) is 48.4 Å². The lowest BCUT2D eigenvalue weighted by Gasteiger charge is -2.13. The minimum Gasteiger partial charge on any atom is -0.398 e. The summed E-state index contributed by atoms with van der Waals surface area (Å²) in [6.45, 7) is 3.36. The number of nitrogens with zero attached hydrogens (tertiary/aromatic N) is 1. The van der Waals surface area contributed by atoms with E-state index in [1.807, 2.05) is 18.2 Å². The molecule has 1 aliphatic carbocycles. The number of hydrogen-bond acceptors (Lipinski definition) is 3. The summed E-state index contributed by atoms with van der Waals surface area (Å²) in [5, 5.41) is 12.2. The van der Waals surface area contributed by atoms with Crippen LogP contribution in [0.4, 0.5) is 11.4 Å². The minimum atomic E-state index is 0.377. The lowest BCUT2D eigenvalue weighted by Crippen LogP contribution is -2.11. The van der Waals surface area contributed by atoms with E-state index in [4.69, 9.17) is 11.0 Å². The van der Waals surface area contributed by atoms with Gasteiger partial charge in [0.2, 0.25) is 0 Å². The van der Waals surface area contributed by atoms with Gasteiger partial charge in [0.05, 0.1) is 12.5 Å². The van der Waals surface area contributed by atoms with Crippen LogP contribution in [0.2, 0.25) is 0 Å². The molecule has 1 fully saturated rings. The van der Waals surface area contributed by atoms with Crippen molar-refractivity contribution in [3.63, 3.8) is 0 Å². The predicted octanol–water partition coefficient (Wildman–Crippen LogP) is 3.18.